The van der Waals surface area contributed by atoms with Crippen molar-refractivity contribution in [2.75, 3.05) is 26.7 Å². The number of likely N-dealkylation sites (tertiary alicyclic amines) is 1. The van der Waals surface area contributed by atoms with Gasteiger partial charge in [-0.3, -0.25) is 4.79 Å². The Labute approximate surface area is 213 Å². The largest absolute Gasteiger partial charge is 0.508 e. The third-order valence-electron chi connectivity index (χ3n) is 7.78. The number of carbonyl (C=O) groups excluding carboxylic acids is 1. The average molecular weight is 504 g/mol. The van der Waals surface area contributed by atoms with Gasteiger partial charge in [-0.25, -0.2) is 0 Å². The summed E-state index contributed by atoms with van der Waals surface area (Å²) in [5, 5.41) is 11.3. The Bertz CT molecular complexity index is 1030. The highest BCUT2D eigenvalue weighted by molar-refractivity contribution is 6.42. The molecule has 3 unspecified atom stereocenters. The van der Waals surface area contributed by atoms with Crippen molar-refractivity contribution in [2.24, 2.45) is 11.8 Å². The van der Waals surface area contributed by atoms with Crippen molar-refractivity contribution >= 4 is 29.1 Å². The molecule has 6 heteroatoms. The van der Waals surface area contributed by atoms with Crippen LogP contribution in [0, 0.1) is 11.8 Å². The molecule has 2 fully saturated rings. The van der Waals surface area contributed by atoms with Crippen molar-refractivity contribution in [1.29, 1.82) is 0 Å². The molecule has 0 aromatic heterocycles. The normalized spacial score (nSPS) is 25.2. The second-order valence-corrected chi connectivity index (χ2v) is 11.5. The minimum absolute atomic E-state index is 0.0206. The molecular weight excluding hydrogens is 467 g/mol. The molecule has 0 bridgehead atoms. The number of hydrogen-bond donors (Lipinski definition) is 1. The van der Waals surface area contributed by atoms with Crippen LogP contribution in [0.5, 0.6) is 5.75 Å². The molecule has 1 aliphatic heterocycles. The third kappa shape index (κ3) is 5.40. The second kappa shape index (κ2) is 10.5. The molecule has 4 rings (SSSR count). The van der Waals surface area contributed by atoms with E-state index in [4.69, 9.17) is 23.2 Å². The summed E-state index contributed by atoms with van der Waals surface area (Å²) in [7, 11) is 2.20. The third-order valence-corrected chi connectivity index (χ3v) is 8.52. The number of hydrogen-bond acceptors (Lipinski definition) is 3. The van der Waals surface area contributed by atoms with Crippen LogP contribution in [0.1, 0.15) is 50.7 Å². The van der Waals surface area contributed by atoms with Crippen molar-refractivity contribution in [3.63, 3.8) is 0 Å². The summed E-state index contributed by atoms with van der Waals surface area (Å²) in [5.41, 5.74) is 2.09. The lowest BCUT2D eigenvalue weighted by Gasteiger charge is -2.54. The maximum atomic E-state index is 13.7. The standard InChI is InChI=1S/C28H36Cl2N2O2/c1-19(2)17-32(27(34)14-20-7-10-25(29)26(30)13-20)23-9-8-22-18-31(3)12-11-28(22,16-23)21-5-4-6-24(33)15-21/h4-7,10,13,15,19,22-23,33H,8-9,11-12,14,16-18H2,1-3H3. The fraction of sp³-hybridized carbons (Fsp3) is 0.536. The lowest BCUT2D eigenvalue weighted by molar-refractivity contribution is -0.135. The van der Waals surface area contributed by atoms with Gasteiger partial charge < -0.3 is 14.9 Å². The molecule has 1 saturated carbocycles. The summed E-state index contributed by atoms with van der Waals surface area (Å²) >= 11 is 12.3. The number of fused-ring (bicyclic) bond motifs is 1. The molecule has 2 aromatic carbocycles. The number of amides is 1. The number of nitrogens with zero attached hydrogens (tertiary/aromatic N) is 2. The molecule has 184 valence electrons. The Hall–Kier alpha value is -1.75. The molecule has 0 radical (unpaired) electrons. The van der Waals surface area contributed by atoms with Crippen LogP contribution in [0.4, 0.5) is 0 Å². The molecule has 34 heavy (non-hydrogen) atoms. The van der Waals surface area contributed by atoms with E-state index in [-0.39, 0.29) is 17.4 Å². The van der Waals surface area contributed by atoms with Crippen LogP contribution in [-0.4, -0.2) is 53.5 Å². The molecule has 1 N–H and O–H groups in total. The summed E-state index contributed by atoms with van der Waals surface area (Å²) in [6, 6.07) is 13.5. The summed E-state index contributed by atoms with van der Waals surface area (Å²) < 4.78 is 0. The van der Waals surface area contributed by atoms with Gasteiger partial charge in [0, 0.05) is 24.5 Å². The van der Waals surface area contributed by atoms with Gasteiger partial charge in [0.1, 0.15) is 5.75 Å². The Balaban J connectivity index is 1.63. The van der Waals surface area contributed by atoms with Crippen molar-refractivity contribution < 1.29 is 9.90 Å². The molecular formula is C28H36Cl2N2O2. The summed E-state index contributed by atoms with van der Waals surface area (Å²) in [6.45, 7) is 7.17. The number of carbonyl (C=O) groups is 1. The maximum absolute atomic E-state index is 13.7. The van der Waals surface area contributed by atoms with Gasteiger partial charge in [-0.05, 0) is 86.5 Å². The molecule has 1 heterocycles. The van der Waals surface area contributed by atoms with Crippen molar-refractivity contribution in [3.8, 4) is 5.75 Å². The summed E-state index contributed by atoms with van der Waals surface area (Å²) in [4.78, 5) is 18.2. The van der Waals surface area contributed by atoms with Gasteiger partial charge in [-0.15, -0.1) is 0 Å². The minimum Gasteiger partial charge on any atom is -0.508 e. The Morgan fingerprint density at radius 2 is 1.97 bits per heavy atom. The zero-order valence-electron chi connectivity index (χ0n) is 20.4. The lowest BCUT2D eigenvalue weighted by atomic mass is 9.57. The fourth-order valence-corrected chi connectivity index (χ4v) is 6.46. The lowest BCUT2D eigenvalue weighted by Crippen LogP contribution is -2.56. The van der Waals surface area contributed by atoms with Gasteiger partial charge in [0.05, 0.1) is 16.5 Å². The number of aromatic hydroxyl groups is 1. The first kappa shape index (κ1) is 25.3. The van der Waals surface area contributed by atoms with Gasteiger partial charge in [-0.1, -0.05) is 55.2 Å². The van der Waals surface area contributed by atoms with Crippen LogP contribution in [0.3, 0.4) is 0 Å². The Kier molecular flexibility index (Phi) is 7.81. The second-order valence-electron chi connectivity index (χ2n) is 10.7. The highest BCUT2D eigenvalue weighted by Crippen LogP contribution is 2.50. The van der Waals surface area contributed by atoms with Crippen LogP contribution < -0.4 is 0 Å². The molecule has 1 saturated heterocycles. The van der Waals surface area contributed by atoms with E-state index in [0.29, 0.717) is 34.1 Å². The zero-order valence-corrected chi connectivity index (χ0v) is 21.9. The first-order valence-electron chi connectivity index (χ1n) is 12.4. The van der Waals surface area contributed by atoms with Crippen LogP contribution in [0.2, 0.25) is 10.0 Å². The monoisotopic (exact) mass is 502 g/mol. The summed E-state index contributed by atoms with van der Waals surface area (Å²) in [6.07, 6.45) is 4.41. The highest BCUT2D eigenvalue weighted by Gasteiger charge is 2.49. The smallest absolute Gasteiger partial charge is 0.227 e. The maximum Gasteiger partial charge on any atom is 0.227 e. The van der Waals surface area contributed by atoms with Crippen LogP contribution >= 0.6 is 23.2 Å². The van der Waals surface area contributed by atoms with E-state index in [0.717, 1.165) is 50.9 Å². The number of piperidine rings is 1. The number of phenols is 1. The van der Waals surface area contributed by atoms with Crippen molar-refractivity contribution in [3.05, 3.63) is 63.6 Å². The molecule has 2 aromatic rings. The van der Waals surface area contributed by atoms with E-state index in [1.54, 1.807) is 18.2 Å². The molecule has 1 aliphatic carbocycles. The first-order valence-corrected chi connectivity index (χ1v) is 13.1. The van der Waals surface area contributed by atoms with Gasteiger partial charge in [0.15, 0.2) is 0 Å². The van der Waals surface area contributed by atoms with Crippen LogP contribution in [0.15, 0.2) is 42.5 Å². The quantitative estimate of drug-likeness (QED) is 0.513. The predicted octanol–water partition coefficient (Wildman–Crippen LogP) is 6.17. The van der Waals surface area contributed by atoms with Crippen LogP contribution in [0.25, 0.3) is 0 Å². The Morgan fingerprint density at radius 3 is 2.68 bits per heavy atom. The SMILES string of the molecule is CC(C)CN(C(=O)Cc1ccc(Cl)c(Cl)c1)C1CCC2CN(C)CCC2(c2cccc(O)c2)C1. The zero-order chi connectivity index (χ0) is 24.5. The van der Waals surface area contributed by atoms with Gasteiger partial charge in [0.2, 0.25) is 5.91 Å². The van der Waals surface area contributed by atoms with Crippen LogP contribution in [-0.2, 0) is 16.6 Å². The van der Waals surface area contributed by atoms with E-state index in [9.17, 15) is 9.90 Å². The number of rotatable bonds is 6. The van der Waals surface area contributed by atoms with Crippen molar-refractivity contribution in [1.82, 2.24) is 9.80 Å². The number of halogens is 2. The fourth-order valence-electron chi connectivity index (χ4n) is 6.14. The molecule has 4 nitrogen and oxygen atoms in total. The molecule has 1 amide bonds. The molecule has 2 aliphatic rings. The van der Waals surface area contributed by atoms with Gasteiger partial charge >= 0.3 is 0 Å². The van der Waals surface area contributed by atoms with E-state index in [1.165, 1.54) is 5.56 Å². The summed E-state index contributed by atoms with van der Waals surface area (Å²) in [5.74, 6) is 1.37. The molecule has 3 atom stereocenters. The topological polar surface area (TPSA) is 43.8 Å². The first-order chi connectivity index (χ1) is 16.2. The van der Waals surface area contributed by atoms with E-state index in [1.807, 2.05) is 18.2 Å². The minimum atomic E-state index is -0.0206. The Morgan fingerprint density at radius 1 is 1.18 bits per heavy atom. The predicted molar refractivity (Wildman–Crippen MR) is 140 cm³/mol. The van der Waals surface area contributed by atoms with E-state index >= 15 is 0 Å². The average Bonchev–Trinajstić information content (AvgIpc) is 2.79. The highest BCUT2D eigenvalue weighted by atomic mass is 35.5. The van der Waals surface area contributed by atoms with E-state index in [2.05, 4.69) is 36.8 Å². The van der Waals surface area contributed by atoms with Crippen molar-refractivity contribution in [2.45, 2.75) is 57.4 Å². The van der Waals surface area contributed by atoms with E-state index < -0.39 is 0 Å². The van der Waals surface area contributed by atoms with Gasteiger partial charge in [0.25, 0.3) is 0 Å². The number of benzene rings is 2. The number of phenolic OH excluding ortho intramolecular Hbond substituents is 1. The van der Waals surface area contributed by atoms with Gasteiger partial charge in [-0.2, -0.15) is 0 Å². The molecule has 0 spiro atoms.